The minimum atomic E-state index is -4.31. The molecule has 1 aromatic rings. The van der Waals surface area contributed by atoms with Crippen LogP contribution >= 0.6 is 0 Å². The highest BCUT2D eigenvalue weighted by Gasteiger charge is 2.27. The van der Waals surface area contributed by atoms with E-state index in [1.54, 1.807) is 6.07 Å². The lowest BCUT2D eigenvalue weighted by Gasteiger charge is -2.33. The van der Waals surface area contributed by atoms with Crippen LogP contribution < -0.4 is 10.6 Å². The number of alkyl halides is 3. The van der Waals surface area contributed by atoms with Gasteiger partial charge in [-0.3, -0.25) is 4.90 Å². The van der Waals surface area contributed by atoms with Crippen molar-refractivity contribution < 1.29 is 17.9 Å². The smallest absolute Gasteiger partial charge is 0.367 e. The van der Waals surface area contributed by atoms with Gasteiger partial charge in [0.2, 0.25) is 0 Å². The fourth-order valence-corrected chi connectivity index (χ4v) is 3.40. The third-order valence-electron chi connectivity index (χ3n) is 4.71. The molecule has 168 valence electrons. The van der Waals surface area contributed by atoms with Gasteiger partial charge in [-0.1, -0.05) is 36.4 Å². The van der Waals surface area contributed by atoms with Crippen LogP contribution in [0.5, 0.6) is 0 Å². The van der Waals surface area contributed by atoms with Crippen molar-refractivity contribution >= 4 is 5.96 Å². The molecule has 1 aliphatic heterocycles. The number of hydrogen-bond acceptors (Lipinski definition) is 3. The quantitative estimate of drug-likeness (QED) is 0.358. The highest BCUT2D eigenvalue weighted by Crippen LogP contribution is 2.16. The van der Waals surface area contributed by atoms with E-state index in [0.29, 0.717) is 18.2 Å². The zero-order valence-corrected chi connectivity index (χ0v) is 17.9. The zero-order valence-electron chi connectivity index (χ0n) is 17.9. The zero-order chi connectivity index (χ0) is 22.0. The Morgan fingerprint density at radius 1 is 1.27 bits per heavy atom. The minimum Gasteiger partial charge on any atom is -0.367 e. The first kappa shape index (κ1) is 24.2. The van der Waals surface area contributed by atoms with Gasteiger partial charge < -0.3 is 15.4 Å². The third kappa shape index (κ3) is 9.63. The van der Waals surface area contributed by atoms with Crippen LogP contribution in [0, 0.1) is 0 Å². The average molecular weight is 427 g/mol. The normalized spacial score (nSPS) is 16.5. The number of piperidine rings is 1. The summed E-state index contributed by atoms with van der Waals surface area (Å²) in [7, 11) is 0. The standard InChI is InChI=1S/C22H33F3N4O/c1-4-26-21(28-20-8-10-29(11-9-20)14-17(2)3)27-13-18-6-5-7-19(12-18)15-30-16-22(23,24)25/h5-7,12,20H,2,4,8-11,13-16H2,1,3H3,(H2,26,27,28). The molecule has 1 fully saturated rings. The van der Waals surface area contributed by atoms with Crippen molar-refractivity contribution in [3.05, 3.63) is 47.5 Å². The molecule has 1 aromatic carbocycles. The summed E-state index contributed by atoms with van der Waals surface area (Å²) < 4.78 is 41.4. The highest BCUT2D eigenvalue weighted by atomic mass is 19.4. The predicted octanol–water partition coefficient (Wildman–Crippen LogP) is 3.86. The molecule has 1 aliphatic rings. The van der Waals surface area contributed by atoms with Crippen LogP contribution in [-0.4, -0.2) is 55.9 Å². The Balaban J connectivity index is 1.87. The molecule has 5 nitrogen and oxygen atoms in total. The second-order valence-corrected chi connectivity index (χ2v) is 7.77. The summed E-state index contributed by atoms with van der Waals surface area (Å²) in [6.07, 6.45) is -2.22. The monoisotopic (exact) mass is 426 g/mol. The third-order valence-corrected chi connectivity index (χ3v) is 4.71. The van der Waals surface area contributed by atoms with Gasteiger partial charge in [0, 0.05) is 32.2 Å². The van der Waals surface area contributed by atoms with Crippen LogP contribution in [0.1, 0.15) is 37.8 Å². The maximum atomic E-state index is 12.2. The predicted molar refractivity (Wildman–Crippen MR) is 114 cm³/mol. The van der Waals surface area contributed by atoms with Gasteiger partial charge in [-0.2, -0.15) is 13.2 Å². The number of nitrogens with one attached hydrogen (secondary N) is 2. The molecule has 1 saturated heterocycles. The molecule has 0 saturated carbocycles. The molecular formula is C22H33F3N4O. The topological polar surface area (TPSA) is 48.9 Å². The van der Waals surface area contributed by atoms with Crippen molar-refractivity contribution in [2.24, 2.45) is 4.99 Å². The summed E-state index contributed by atoms with van der Waals surface area (Å²) >= 11 is 0. The van der Waals surface area contributed by atoms with Crippen molar-refractivity contribution in [2.75, 3.05) is 32.8 Å². The molecule has 0 bridgehead atoms. The number of ether oxygens (including phenoxy) is 1. The van der Waals surface area contributed by atoms with E-state index >= 15 is 0 Å². The van der Waals surface area contributed by atoms with Gasteiger partial charge >= 0.3 is 6.18 Å². The lowest BCUT2D eigenvalue weighted by molar-refractivity contribution is -0.176. The van der Waals surface area contributed by atoms with Crippen LogP contribution in [-0.2, 0) is 17.9 Å². The van der Waals surface area contributed by atoms with Crippen molar-refractivity contribution in [2.45, 2.75) is 52.1 Å². The van der Waals surface area contributed by atoms with Crippen molar-refractivity contribution in [1.29, 1.82) is 0 Å². The maximum Gasteiger partial charge on any atom is 0.411 e. The molecule has 0 spiro atoms. The Kier molecular flexibility index (Phi) is 9.65. The number of benzene rings is 1. The summed E-state index contributed by atoms with van der Waals surface area (Å²) in [6.45, 7) is 11.0. The van der Waals surface area contributed by atoms with Gasteiger partial charge in [0.05, 0.1) is 13.2 Å². The number of hydrogen-bond donors (Lipinski definition) is 2. The number of aliphatic imine (C=N–C) groups is 1. The van der Waals surface area contributed by atoms with E-state index in [9.17, 15) is 13.2 Å². The van der Waals surface area contributed by atoms with E-state index in [-0.39, 0.29) is 6.61 Å². The van der Waals surface area contributed by atoms with Crippen LogP contribution in [0.3, 0.4) is 0 Å². The lowest BCUT2D eigenvalue weighted by atomic mass is 10.0. The molecule has 30 heavy (non-hydrogen) atoms. The number of nitrogens with zero attached hydrogens (tertiary/aromatic N) is 2. The summed E-state index contributed by atoms with van der Waals surface area (Å²) in [4.78, 5) is 7.07. The van der Waals surface area contributed by atoms with Crippen molar-refractivity contribution in [3.63, 3.8) is 0 Å². The summed E-state index contributed by atoms with van der Waals surface area (Å²) in [5.74, 6) is 0.759. The molecule has 0 unspecified atom stereocenters. The Labute approximate surface area is 177 Å². The first-order valence-electron chi connectivity index (χ1n) is 10.4. The van der Waals surface area contributed by atoms with Gasteiger partial charge in [0.15, 0.2) is 5.96 Å². The Morgan fingerprint density at radius 2 is 1.97 bits per heavy atom. The van der Waals surface area contributed by atoms with Crippen LogP contribution in [0.25, 0.3) is 0 Å². The summed E-state index contributed by atoms with van der Waals surface area (Å²) in [5, 5.41) is 6.78. The van der Waals surface area contributed by atoms with E-state index < -0.39 is 12.8 Å². The van der Waals surface area contributed by atoms with Gasteiger partial charge in [-0.05, 0) is 37.8 Å². The fraction of sp³-hybridized carbons (Fsp3) is 0.591. The Hall–Kier alpha value is -2.06. The summed E-state index contributed by atoms with van der Waals surface area (Å²) in [6, 6.07) is 7.68. The number of rotatable bonds is 9. The second-order valence-electron chi connectivity index (χ2n) is 7.77. The van der Waals surface area contributed by atoms with Crippen LogP contribution in [0.15, 0.2) is 41.4 Å². The molecule has 0 amide bonds. The van der Waals surface area contributed by atoms with E-state index in [2.05, 4.69) is 34.0 Å². The molecule has 8 heteroatoms. The van der Waals surface area contributed by atoms with Crippen LogP contribution in [0.4, 0.5) is 13.2 Å². The second kappa shape index (κ2) is 12.0. The molecule has 2 N–H and O–H groups in total. The minimum absolute atomic E-state index is 0.0713. The molecule has 1 heterocycles. The number of likely N-dealkylation sites (tertiary alicyclic amines) is 1. The maximum absolute atomic E-state index is 12.2. The van der Waals surface area contributed by atoms with E-state index in [1.165, 1.54) is 5.57 Å². The van der Waals surface area contributed by atoms with E-state index in [1.807, 2.05) is 25.1 Å². The van der Waals surface area contributed by atoms with Crippen molar-refractivity contribution in [3.8, 4) is 0 Å². The van der Waals surface area contributed by atoms with Gasteiger partial charge in [-0.15, -0.1) is 0 Å². The fourth-order valence-electron chi connectivity index (χ4n) is 3.40. The lowest BCUT2D eigenvalue weighted by Crippen LogP contribution is -2.48. The molecule has 0 radical (unpaired) electrons. The number of guanidine groups is 1. The van der Waals surface area contributed by atoms with Crippen LogP contribution in [0.2, 0.25) is 0 Å². The largest absolute Gasteiger partial charge is 0.411 e. The van der Waals surface area contributed by atoms with Gasteiger partial charge in [0.1, 0.15) is 6.61 Å². The molecule has 0 aliphatic carbocycles. The molecule has 0 aromatic heterocycles. The summed E-state index contributed by atoms with van der Waals surface area (Å²) in [5.41, 5.74) is 2.81. The number of halogens is 3. The highest BCUT2D eigenvalue weighted by molar-refractivity contribution is 5.80. The first-order valence-corrected chi connectivity index (χ1v) is 10.4. The SMILES string of the molecule is C=C(C)CN1CCC(NC(=NCc2cccc(COCC(F)(F)F)c2)NCC)CC1. The van der Waals surface area contributed by atoms with Crippen molar-refractivity contribution in [1.82, 2.24) is 15.5 Å². The Bertz CT molecular complexity index is 698. The Morgan fingerprint density at radius 3 is 2.60 bits per heavy atom. The first-order chi connectivity index (χ1) is 14.2. The van der Waals surface area contributed by atoms with E-state index in [0.717, 1.165) is 50.5 Å². The molecule has 2 rings (SSSR count). The van der Waals surface area contributed by atoms with Gasteiger partial charge in [-0.25, -0.2) is 4.99 Å². The molecule has 0 atom stereocenters. The molecular weight excluding hydrogens is 393 g/mol. The van der Waals surface area contributed by atoms with E-state index in [4.69, 9.17) is 4.74 Å². The van der Waals surface area contributed by atoms with Gasteiger partial charge in [0.25, 0.3) is 0 Å². The average Bonchev–Trinajstić information content (AvgIpc) is 2.67.